The number of phosphoric ester groups is 1. The predicted octanol–water partition coefficient (Wildman–Crippen LogP) is 7.21. The molecule has 0 saturated heterocycles. The molecule has 0 aromatic rings. The average Bonchev–Trinajstić information content (AvgIpc) is 2.71. The smallest absolute Gasteiger partial charge is 0.322 e. The summed E-state index contributed by atoms with van der Waals surface area (Å²) in [5.74, 6) is 0. The number of likely N-dealkylation sites (N-methyl/N-ethyl adjacent to an activating group) is 1. The van der Waals surface area contributed by atoms with Crippen LogP contribution in [0.15, 0.2) is 0 Å². The predicted molar refractivity (Wildman–Crippen MR) is 129 cm³/mol. The summed E-state index contributed by atoms with van der Waals surface area (Å²) in [7, 11) is -4.36. The summed E-state index contributed by atoms with van der Waals surface area (Å²) in [4.78, 5) is 17.9. The van der Waals surface area contributed by atoms with Gasteiger partial charge in [-0.3, -0.25) is 4.52 Å². The van der Waals surface area contributed by atoms with Crippen molar-refractivity contribution in [1.82, 2.24) is 0 Å². The van der Waals surface area contributed by atoms with Crippen LogP contribution in [0.2, 0.25) is 0 Å². The quantitative estimate of drug-likeness (QED) is 0.0980. The maximum atomic E-state index is 11.0. The van der Waals surface area contributed by atoms with Gasteiger partial charge in [-0.25, -0.2) is 4.57 Å². The number of unbranched alkanes of at least 4 members (excludes halogenated alkanes) is 14. The Morgan fingerprint density at radius 1 is 0.600 bits per heavy atom. The molecule has 0 heterocycles. The van der Waals surface area contributed by atoms with Crippen molar-refractivity contribution in [2.75, 3.05) is 32.8 Å². The Morgan fingerprint density at radius 3 is 1.40 bits per heavy atom. The van der Waals surface area contributed by atoms with Crippen LogP contribution < -0.4 is 0 Å². The molecule has 0 aliphatic carbocycles. The topological polar surface area (TPSA) is 66.8 Å². The fourth-order valence-corrected chi connectivity index (χ4v) is 4.62. The highest BCUT2D eigenvalue weighted by Gasteiger charge is 2.26. The Bertz CT molecular complexity index is 416. The molecule has 0 rings (SSSR count). The minimum absolute atomic E-state index is 0.139. The molecule has 0 fully saturated rings. The molecule has 1 unspecified atom stereocenters. The molecule has 0 aliphatic rings. The van der Waals surface area contributed by atoms with E-state index < -0.39 is 7.82 Å². The van der Waals surface area contributed by atoms with Crippen molar-refractivity contribution in [3.05, 3.63) is 0 Å². The van der Waals surface area contributed by atoms with Gasteiger partial charge in [-0.05, 0) is 26.2 Å². The van der Waals surface area contributed by atoms with Crippen LogP contribution in [0.5, 0.6) is 0 Å². The van der Waals surface area contributed by atoms with Crippen LogP contribution in [0.3, 0.4) is 0 Å². The normalized spacial score (nSPS) is 14.2. The van der Waals surface area contributed by atoms with E-state index in [4.69, 9.17) is 14.3 Å². The first-order valence-electron chi connectivity index (χ1n) is 12.9. The van der Waals surface area contributed by atoms with Crippen LogP contribution >= 0.6 is 7.82 Å². The number of quaternary nitrogens is 1. The van der Waals surface area contributed by atoms with Crippen LogP contribution in [0, 0.1) is 0 Å². The van der Waals surface area contributed by atoms with Gasteiger partial charge in [-0.1, -0.05) is 97.3 Å². The Hall–Kier alpha value is 0.0700. The highest BCUT2D eigenvalue weighted by atomic mass is 31.2. The molecular formula is C24H53NO4P+. The molecule has 0 aromatic heterocycles. The molecule has 30 heavy (non-hydrogen) atoms. The van der Waals surface area contributed by atoms with Gasteiger partial charge >= 0.3 is 7.82 Å². The van der Waals surface area contributed by atoms with Gasteiger partial charge in [0.2, 0.25) is 0 Å². The van der Waals surface area contributed by atoms with Crippen molar-refractivity contribution in [2.45, 2.75) is 124 Å². The largest absolute Gasteiger partial charge is 0.469 e. The van der Waals surface area contributed by atoms with Crippen molar-refractivity contribution >= 4 is 7.82 Å². The number of hydrogen-bond donors (Lipinski definition) is 2. The van der Waals surface area contributed by atoms with E-state index in [0.29, 0.717) is 6.54 Å². The first-order valence-corrected chi connectivity index (χ1v) is 14.5. The van der Waals surface area contributed by atoms with Gasteiger partial charge in [0.25, 0.3) is 0 Å². The van der Waals surface area contributed by atoms with Crippen molar-refractivity contribution < 1.29 is 23.4 Å². The first-order chi connectivity index (χ1) is 14.4. The Balaban J connectivity index is 3.83. The van der Waals surface area contributed by atoms with Gasteiger partial charge in [0.05, 0.1) is 19.6 Å². The van der Waals surface area contributed by atoms with Gasteiger partial charge in [0, 0.05) is 0 Å². The van der Waals surface area contributed by atoms with E-state index in [2.05, 4.69) is 20.8 Å². The van der Waals surface area contributed by atoms with Gasteiger partial charge < -0.3 is 14.3 Å². The highest BCUT2D eigenvalue weighted by Crippen LogP contribution is 2.35. The summed E-state index contributed by atoms with van der Waals surface area (Å²) >= 11 is 0. The summed E-state index contributed by atoms with van der Waals surface area (Å²) in [5, 5.41) is 0. The Kier molecular flexibility index (Phi) is 19.8. The fraction of sp³-hybridized carbons (Fsp3) is 1.00. The zero-order valence-electron chi connectivity index (χ0n) is 20.5. The van der Waals surface area contributed by atoms with Crippen LogP contribution in [0.1, 0.15) is 124 Å². The van der Waals surface area contributed by atoms with E-state index in [-0.39, 0.29) is 6.61 Å². The second-order valence-electron chi connectivity index (χ2n) is 9.10. The van der Waals surface area contributed by atoms with Crippen LogP contribution in [-0.4, -0.2) is 47.1 Å². The zero-order chi connectivity index (χ0) is 22.6. The third kappa shape index (κ3) is 18.8. The molecule has 0 amide bonds. The Morgan fingerprint density at radius 2 is 1.00 bits per heavy atom. The monoisotopic (exact) mass is 450 g/mol. The van der Waals surface area contributed by atoms with E-state index in [1.165, 1.54) is 89.9 Å². The van der Waals surface area contributed by atoms with E-state index in [1.54, 1.807) is 0 Å². The molecule has 0 aliphatic heterocycles. The maximum Gasteiger partial charge on any atom is 0.469 e. The third-order valence-corrected chi connectivity index (χ3v) is 6.99. The van der Waals surface area contributed by atoms with Crippen LogP contribution in [-0.2, 0) is 9.09 Å². The highest BCUT2D eigenvalue weighted by molar-refractivity contribution is 7.46. The lowest BCUT2D eigenvalue weighted by molar-refractivity contribution is -0.927. The van der Waals surface area contributed by atoms with Gasteiger partial charge in [0.1, 0.15) is 13.2 Å². The number of hydrogen-bond acceptors (Lipinski definition) is 2. The zero-order valence-corrected chi connectivity index (χ0v) is 21.3. The second-order valence-corrected chi connectivity index (χ2v) is 10.3. The Labute approximate surface area is 187 Å². The summed E-state index contributed by atoms with van der Waals surface area (Å²) in [6.07, 6.45) is 21.4. The van der Waals surface area contributed by atoms with Gasteiger partial charge in [-0.2, -0.15) is 0 Å². The van der Waals surface area contributed by atoms with Crippen molar-refractivity contribution in [3.8, 4) is 0 Å². The lowest BCUT2D eigenvalue weighted by Gasteiger charge is -2.38. The molecule has 0 aromatic carbocycles. The van der Waals surface area contributed by atoms with Crippen LogP contribution in [0.4, 0.5) is 0 Å². The molecule has 1 atom stereocenters. The van der Waals surface area contributed by atoms with Crippen molar-refractivity contribution in [3.63, 3.8) is 0 Å². The van der Waals surface area contributed by atoms with Crippen molar-refractivity contribution in [1.29, 1.82) is 0 Å². The SMILES string of the molecule is CCCCCCCCCCCCCCCC[N+](CC)(CCCC)CCOP(=O)(O)O. The lowest BCUT2D eigenvalue weighted by atomic mass is 10.0. The number of rotatable bonds is 23. The summed E-state index contributed by atoms with van der Waals surface area (Å²) in [6, 6.07) is 0. The molecule has 5 nitrogen and oxygen atoms in total. The lowest BCUT2D eigenvalue weighted by Crippen LogP contribution is -2.51. The van der Waals surface area contributed by atoms with E-state index in [1.807, 2.05) is 0 Å². The second kappa shape index (κ2) is 19.7. The molecule has 0 radical (unpaired) electrons. The maximum absolute atomic E-state index is 11.0. The molecule has 0 bridgehead atoms. The summed E-state index contributed by atoms with van der Waals surface area (Å²) in [5.41, 5.74) is 0. The van der Waals surface area contributed by atoms with E-state index in [0.717, 1.165) is 37.0 Å². The fourth-order valence-electron chi connectivity index (χ4n) is 4.30. The standard InChI is InChI=1S/C24H52NO4P/c1-4-7-9-10-11-12-13-14-15-16-17-18-19-20-22-25(6-3,21-8-5-2)23-24-29-30(26,27)28/h4-24H2,1-3H3,(H-,26,27,28)/p+1. The number of nitrogens with zero attached hydrogens (tertiary/aromatic N) is 1. The summed E-state index contributed by atoms with van der Waals surface area (Å²) < 4.78 is 16.6. The molecule has 0 saturated carbocycles. The molecule has 2 N–H and O–H groups in total. The van der Waals surface area contributed by atoms with Gasteiger partial charge in [0.15, 0.2) is 0 Å². The summed E-state index contributed by atoms with van der Waals surface area (Å²) in [6.45, 7) is 10.7. The van der Waals surface area contributed by atoms with E-state index >= 15 is 0 Å². The van der Waals surface area contributed by atoms with E-state index in [9.17, 15) is 4.57 Å². The first kappa shape index (κ1) is 30.1. The molecule has 0 spiro atoms. The van der Waals surface area contributed by atoms with Crippen molar-refractivity contribution in [2.24, 2.45) is 0 Å². The molecule has 182 valence electrons. The minimum Gasteiger partial charge on any atom is -0.322 e. The third-order valence-electron chi connectivity index (χ3n) is 6.47. The molecule has 6 heteroatoms. The average molecular weight is 451 g/mol. The van der Waals surface area contributed by atoms with Gasteiger partial charge in [-0.15, -0.1) is 0 Å². The number of phosphoric acid groups is 1. The van der Waals surface area contributed by atoms with Crippen LogP contribution in [0.25, 0.3) is 0 Å². The molecular weight excluding hydrogens is 397 g/mol. The minimum atomic E-state index is -4.36.